The number of rotatable bonds is 3. The largest absolute Gasteiger partial charge is 0.496 e. The molecule has 1 saturated heterocycles. The fourth-order valence-corrected chi connectivity index (χ4v) is 3.25. The van der Waals surface area contributed by atoms with Crippen LogP contribution in [-0.2, 0) is 5.41 Å². The highest BCUT2D eigenvalue weighted by Gasteiger charge is 2.48. The van der Waals surface area contributed by atoms with Crippen LogP contribution >= 0.6 is 0 Å². The highest BCUT2D eigenvalue weighted by atomic mass is 16.5. The zero-order chi connectivity index (χ0) is 14.1. The molecular formula is C16H25NO2. The Morgan fingerprint density at radius 2 is 1.79 bits per heavy atom. The molecule has 1 aliphatic rings. The van der Waals surface area contributed by atoms with E-state index in [-0.39, 0.29) is 5.41 Å². The standard InChI is InChI=1S/C16H25NO2/c1-15(2,18)16(9-11-17(3)12-10-16)13-7-5-6-8-14(13)19-4/h5-8,18H,9-12H2,1-4H3. The third-order valence-corrected chi connectivity index (χ3v) is 4.63. The lowest BCUT2D eigenvalue weighted by Crippen LogP contribution is -2.53. The van der Waals surface area contributed by atoms with Gasteiger partial charge in [0.1, 0.15) is 5.75 Å². The number of methoxy groups -OCH3 is 1. The molecule has 3 nitrogen and oxygen atoms in total. The average Bonchev–Trinajstić information content (AvgIpc) is 2.38. The van der Waals surface area contributed by atoms with Gasteiger partial charge in [-0.15, -0.1) is 0 Å². The molecule has 0 atom stereocenters. The Bertz CT molecular complexity index is 429. The van der Waals surface area contributed by atoms with Crippen molar-refractivity contribution in [1.82, 2.24) is 4.90 Å². The molecule has 0 spiro atoms. The number of nitrogens with zero attached hydrogens (tertiary/aromatic N) is 1. The van der Waals surface area contributed by atoms with Crippen molar-refractivity contribution in [2.45, 2.75) is 37.7 Å². The molecular weight excluding hydrogens is 238 g/mol. The molecule has 1 aromatic rings. The van der Waals surface area contributed by atoms with Gasteiger partial charge in [0, 0.05) is 11.0 Å². The average molecular weight is 263 g/mol. The Balaban J connectivity index is 2.50. The minimum Gasteiger partial charge on any atom is -0.496 e. The fraction of sp³-hybridized carbons (Fsp3) is 0.625. The van der Waals surface area contributed by atoms with Crippen molar-refractivity contribution in [3.63, 3.8) is 0 Å². The maximum Gasteiger partial charge on any atom is 0.122 e. The number of benzene rings is 1. The molecule has 0 unspecified atom stereocenters. The topological polar surface area (TPSA) is 32.7 Å². The first kappa shape index (κ1) is 14.4. The highest BCUT2D eigenvalue weighted by Crippen LogP contribution is 2.47. The van der Waals surface area contributed by atoms with Crippen molar-refractivity contribution in [1.29, 1.82) is 0 Å². The van der Waals surface area contributed by atoms with Gasteiger partial charge in [0.2, 0.25) is 0 Å². The van der Waals surface area contributed by atoms with E-state index in [0.717, 1.165) is 37.2 Å². The van der Waals surface area contributed by atoms with Crippen LogP contribution in [0.25, 0.3) is 0 Å². The van der Waals surface area contributed by atoms with Gasteiger partial charge in [-0.25, -0.2) is 0 Å². The summed E-state index contributed by atoms with van der Waals surface area (Å²) in [6.45, 7) is 5.85. The minimum absolute atomic E-state index is 0.230. The second-order valence-corrected chi connectivity index (χ2v) is 6.14. The van der Waals surface area contributed by atoms with Gasteiger partial charge < -0.3 is 14.7 Å². The van der Waals surface area contributed by atoms with Gasteiger partial charge in [-0.2, -0.15) is 0 Å². The van der Waals surface area contributed by atoms with E-state index in [0.29, 0.717) is 0 Å². The van der Waals surface area contributed by atoms with Crippen LogP contribution in [0.15, 0.2) is 24.3 Å². The van der Waals surface area contributed by atoms with Crippen LogP contribution in [0.1, 0.15) is 32.3 Å². The van der Waals surface area contributed by atoms with Gasteiger partial charge in [0.15, 0.2) is 0 Å². The molecule has 106 valence electrons. The van der Waals surface area contributed by atoms with E-state index in [1.54, 1.807) is 7.11 Å². The summed E-state index contributed by atoms with van der Waals surface area (Å²) in [5, 5.41) is 10.8. The number of hydrogen-bond acceptors (Lipinski definition) is 3. The lowest BCUT2D eigenvalue weighted by molar-refractivity contribution is -0.0371. The first-order valence-corrected chi connectivity index (χ1v) is 6.95. The van der Waals surface area contributed by atoms with Crippen LogP contribution in [0.4, 0.5) is 0 Å². The second-order valence-electron chi connectivity index (χ2n) is 6.14. The molecule has 1 fully saturated rings. The molecule has 1 N–H and O–H groups in total. The van der Waals surface area contributed by atoms with Crippen LogP contribution < -0.4 is 4.74 Å². The summed E-state index contributed by atoms with van der Waals surface area (Å²) in [6.07, 6.45) is 1.90. The zero-order valence-electron chi connectivity index (χ0n) is 12.4. The molecule has 0 saturated carbocycles. The van der Waals surface area contributed by atoms with Crippen LogP contribution in [-0.4, -0.2) is 42.9 Å². The molecule has 0 amide bonds. The Labute approximate surface area is 116 Å². The highest BCUT2D eigenvalue weighted by molar-refractivity contribution is 5.42. The lowest BCUT2D eigenvalue weighted by atomic mass is 9.63. The maximum atomic E-state index is 10.8. The van der Waals surface area contributed by atoms with Crippen LogP contribution in [0.3, 0.4) is 0 Å². The van der Waals surface area contributed by atoms with E-state index in [9.17, 15) is 5.11 Å². The van der Waals surface area contributed by atoms with E-state index in [1.807, 2.05) is 32.0 Å². The zero-order valence-corrected chi connectivity index (χ0v) is 12.4. The number of ether oxygens (including phenoxy) is 1. The van der Waals surface area contributed by atoms with Gasteiger partial charge in [-0.05, 0) is 52.9 Å². The Hall–Kier alpha value is -1.06. The number of likely N-dealkylation sites (tertiary alicyclic amines) is 1. The molecule has 19 heavy (non-hydrogen) atoms. The Morgan fingerprint density at radius 1 is 1.21 bits per heavy atom. The molecule has 1 aliphatic heterocycles. The lowest BCUT2D eigenvalue weighted by Gasteiger charge is -2.49. The smallest absolute Gasteiger partial charge is 0.122 e. The third-order valence-electron chi connectivity index (χ3n) is 4.63. The monoisotopic (exact) mass is 263 g/mol. The molecule has 2 rings (SSSR count). The Kier molecular flexibility index (Phi) is 3.88. The van der Waals surface area contributed by atoms with E-state index in [1.165, 1.54) is 0 Å². The third kappa shape index (κ3) is 2.49. The van der Waals surface area contributed by atoms with E-state index in [4.69, 9.17) is 4.74 Å². The number of piperidine rings is 1. The molecule has 0 radical (unpaired) electrons. The maximum absolute atomic E-state index is 10.8. The quantitative estimate of drug-likeness (QED) is 0.909. The second kappa shape index (κ2) is 5.14. The van der Waals surface area contributed by atoms with Crippen LogP contribution in [0, 0.1) is 0 Å². The van der Waals surface area contributed by atoms with Gasteiger partial charge >= 0.3 is 0 Å². The van der Waals surface area contributed by atoms with Gasteiger partial charge in [-0.1, -0.05) is 18.2 Å². The molecule has 0 aliphatic carbocycles. The summed E-state index contributed by atoms with van der Waals surface area (Å²) in [5.41, 5.74) is 0.146. The number of hydrogen-bond donors (Lipinski definition) is 1. The SMILES string of the molecule is COc1ccccc1C1(C(C)(C)O)CCN(C)CC1. The van der Waals surface area contributed by atoms with Crippen molar-refractivity contribution in [3.05, 3.63) is 29.8 Å². The minimum atomic E-state index is -0.761. The van der Waals surface area contributed by atoms with Gasteiger partial charge in [0.25, 0.3) is 0 Å². The summed E-state index contributed by atoms with van der Waals surface area (Å²) in [4.78, 5) is 2.32. The van der Waals surface area contributed by atoms with Crippen LogP contribution in [0.5, 0.6) is 5.75 Å². The molecule has 1 heterocycles. The molecule has 0 aromatic heterocycles. The summed E-state index contributed by atoms with van der Waals surface area (Å²) < 4.78 is 5.52. The normalized spacial score (nSPS) is 20.3. The predicted molar refractivity (Wildman–Crippen MR) is 77.7 cm³/mol. The molecule has 0 bridgehead atoms. The van der Waals surface area contributed by atoms with E-state index >= 15 is 0 Å². The van der Waals surface area contributed by atoms with Crippen molar-refractivity contribution in [2.75, 3.05) is 27.2 Å². The van der Waals surface area contributed by atoms with Gasteiger partial charge in [0.05, 0.1) is 12.7 Å². The first-order valence-electron chi connectivity index (χ1n) is 6.95. The summed E-state index contributed by atoms with van der Waals surface area (Å²) in [7, 11) is 3.84. The Morgan fingerprint density at radius 3 is 2.32 bits per heavy atom. The van der Waals surface area contributed by atoms with Crippen molar-refractivity contribution < 1.29 is 9.84 Å². The van der Waals surface area contributed by atoms with E-state index in [2.05, 4.69) is 18.0 Å². The summed E-state index contributed by atoms with van der Waals surface area (Å²) >= 11 is 0. The van der Waals surface area contributed by atoms with E-state index < -0.39 is 5.60 Å². The number of aliphatic hydroxyl groups is 1. The predicted octanol–water partition coefficient (Wildman–Crippen LogP) is 2.43. The molecule has 1 aromatic carbocycles. The van der Waals surface area contributed by atoms with Crippen molar-refractivity contribution >= 4 is 0 Å². The number of para-hydroxylation sites is 1. The van der Waals surface area contributed by atoms with Crippen LogP contribution in [0.2, 0.25) is 0 Å². The van der Waals surface area contributed by atoms with Gasteiger partial charge in [-0.3, -0.25) is 0 Å². The fourth-order valence-electron chi connectivity index (χ4n) is 3.25. The summed E-state index contributed by atoms with van der Waals surface area (Å²) in [6, 6.07) is 8.10. The first-order chi connectivity index (χ1) is 8.90. The molecule has 3 heteroatoms. The summed E-state index contributed by atoms with van der Waals surface area (Å²) in [5.74, 6) is 0.883. The van der Waals surface area contributed by atoms with Crippen molar-refractivity contribution in [2.24, 2.45) is 0 Å². The van der Waals surface area contributed by atoms with Crippen molar-refractivity contribution in [3.8, 4) is 5.75 Å².